The van der Waals surface area contributed by atoms with Gasteiger partial charge < -0.3 is 56.6 Å². The van der Waals surface area contributed by atoms with Gasteiger partial charge in [0.25, 0.3) is 0 Å². The van der Waals surface area contributed by atoms with E-state index in [-0.39, 0.29) is 54.5 Å². The topological polar surface area (TPSA) is 217 Å². The quantitative estimate of drug-likeness (QED) is 0.0240. The van der Waals surface area contributed by atoms with Crippen LogP contribution in [0.3, 0.4) is 0 Å². The van der Waals surface area contributed by atoms with E-state index in [1.807, 2.05) is 0 Å². The molecule has 0 radical (unpaired) electrons. The SMILES string of the molecule is CCCCCCCCC=CCCCCCCCCOP(=O)([O-])[O-].CCCCCCCCC=CCCCCCCCCOP(=O)([O-])[O-].CCCCCCCCC=CCCCCCCCCOP(=O)([O-])[O-].[Al+3].[Al+3]. The number of allylic oxidation sites excluding steroid dienone is 6. The average molecular weight is 1090 g/mol. The average Bonchev–Trinajstić information content (AvgIpc) is 3.29. The summed E-state index contributed by atoms with van der Waals surface area (Å²) in [7, 11) is -14.3. The Morgan fingerprint density at radius 1 is 0.254 bits per heavy atom. The van der Waals surface area contributed by atoms with E-state index in [9.17, 15) is 43.1 Å². The molecular weight excluding hydrogens is 987 g/mol. The number of phosphoric ester groups is 3. The van der Waals surface area contributed by atoms with Crippen LogP contribution in [0.5, 0.6) is 0 Å². The second-order valence-corrected chi connectivity index (χ2v) is 22.1. The molecule has 0 N–H and O–H groups in total. The maximum Gasteiger partial charge on any atom is 3.00 e. The van der Waals surface area contributed by atoms with Crippen molar-refractivity contribution in [3.63, 3.8) is 0 Å². The molecule has 12 nitrogen and oxygen atoms in total. The molecule has 0 atom stereocenters. The van der Waals surface area contributed by atoms with Crippen molar-refractivity contribution in [2.75, 3.05) is 19.8 Å². The molecule has 71 heavy (non-hydrogen) atoms. The fourth-order valence-electron chi connectivity index (χ4n) is 7.58. The van der Waals surface area contributed by atoms with Gasteiger partial charge in [0.2, 0.25) is 0 Å². The summed E-state index contributed by atoms with van der Waals surface area (Å²) in [5, 5.41) is 0. The van der Waals surface area contributed by atoms with Gasteiger partial charge in [-0.3, -0.25) is 0 Å². The molecule has 0 fully saturated rings. The van der Waals surface area contributed by atoms with Crippen LogP contribution < -0.4 is 29.4 Å². The third-order valence-electron chi connectivity index (χ3n) is 11.7. The van der Waals surface area contributed by atoms with Crippen LogP contribution in [-0.4, -0.2) is 54.5 Å². The van der Waals surface area contributed by atoms with Gasteiger partial charge >= 0.3 is 34.7 Å². The van der Waals surface area contributed by atoms with E-state index >= 15 is 0 Å². The molecule has 0 spiro atoms. The molecule has 0 saturated heterocycles. The van der Waals surface area contributed by atoms with Crippen LogP contribution in [0.1, 0.15) is 290 Å². The summed E-state index contributed by atoms with van der Waals surface area (Å²) < 4.78 is 43.3. The van der Waals surface area contributed by atoms with Crippen LogP contribution >= 0.6 is 23.5 Å². The van der Waals surface area contributed by atoms with Crippen molar-refractivity contribution in [3.8, 4) is 0 Å². The Morgan fingerprint density at radius 3 is 0.549 bits per heavy atom. The van der Waals surface area contributed by atoms with Gasteiger partial charge in [-0.05, 0) is 96.3 Å². The van der Waals surface area contributed by atoms with Crippen LogP contribution in [0.15, 0.2) is 36.5 Å². The summed E-state index contributed by atoms with van der Waals surface area (Å²) in [6, 6.07) is 0. The summed E-state index contributed by atoms with van der Waals surface area (Å²) >= 11 is 0. The molecule has 0 heterocycles. The maximum absolute atomic E-state index is 10.2. The Bertz CT molecular complexity index is 1100. The molecule has 0 aliphatic rings. The molecule has 17 heteroatoms. The second-order valence-electron chi connectivity index (χ2n) is 18.7. The molecular formula is C54H105Al2O12P3. The monoisotopic (exact) mass is 1090 g/mol. The Hall–Kier alpha value is 0.615. The normalized spacial score (nSPS) is 12.0. The molecule has 0 rings (SSSR count). The van der Waals surface area contributed by atoms with Crippen molar-refractivity contribution in [1.29, 1.82) is 0 Å². The Morgan fingerprint density at radius 2 is 0.394 bits per heavy atom. The zero-order valence-electron chi connectivity index (χ0n) is 45.7. The van der Waals surface area contributed by atoms with E-state index in [0.29, 0.717) is 19.3 Å². The number of hydrogen-bond donors (Lipinski definition) is 0. The predicted molar refractivity (Wildman–Crippen MR) is 291 cm³/mol. The van der Waals surface area contributed by atoms with Gasteiger partial charge in [-0.25, -0.2) is 0 Å². The summed E-state index contributed by atoms with van der Waals surface area (Å²) in [5.41, 5.74) is 0. The van der Waals surface area contributed by atoms with E-state index < -0.39 is 23.5 Å². The van der Waals surface area contributed by atoms with Crippen molar-refractivity contribution < 1.29 is 56.6 Å². The van der Waals surface area contributed by atoms with Crippen LogP contribution in [0.4, 0.5) is 0 Å². The van der Waals surface area contributed by atoms with Crippen molar-refractivity contribution in [2.24, 2.45) is 0 Å². The number of rotatable bonds is 51. The number of phosphoric acid groups is 3. The minimum absolute atomic E-state index is 0. The van der Waals surface area contributed by atoms with Gasteiger partial charge in [0.05, 0.1) is 43.3 Å². The third-order valence-corrected chi connectivity index (χ3v) is 13.2. The molecule has 414 valence electrons. The van der Waals surface area contributed by atoms with Gasteiger partial charge in [0.1, 0.15) is 0 Å². The Balaban J connectivity index is -0.000000302. The van der Waals surface area contributed by atoms with E-state index in [0.717, 1.165) is 77.0 Å². The van der Waals surface area contributed by atoms with Gasteiger partial charge in [-0.1, -0.05) is 231 Å². The zero-order valence-corrected chi connectivity index (χ0v) is 50.7. The van der Waals surface area contributed by atoms with Crippen molar-refractivity contribution in [2.45, 2.75) is 290 Å². The first-order valence-corrected chi connectivity index (χ1v) is 32.5. The van der Waals surface area contributed by atoms with Gasteiger partial charge in [0.15, 0.2) is 0 Å². The molecule has 0 aliphatic carbocycles. The van der Waals surface area contributed by atoms with Crippen LogP contribution in [-0.2, 0) is 27.3 Å². The zero-order chi connectivity index (χ0) is 51.7. The van der Waals surface area contributed by atoms with E-state index in [4.69, 9.17) is 0 Å². The molecule has 0 amide bonds. The fourth-order valence-corrected chi connectivity index (χ4v) is 8.64. The van der Waals surface area contributed by atoms with Crippen LogP contribution in [0.25, 0.3) is 0 Å². The van der Waals surface area contributed by atoms with E-state index in [2.05, 4.69) is 70.8 Å². The largest absolute Gasteiger partial charge is 3.00 e. The first kappa shape index (κ1) is 80.5. The molecule has 0 saturated carbocycles. The number of unbranched alkanes of at least 4 members (excludes halogenated alkanes) is 36. The Labute approximate surface area is 459 Å². The summed E-state index contributed by atoms with van der Waals surface area (Å²) in [6.45, 7) is 6.85. The third kappa shape index (κ3) is 90.5. The smallest absolute Gasteiger partial charge is 0.790 e. The van der Waals surface area contributed by atoms with E-state index in [1.54, 1.807) is 0 Å². The molecule has 0 unspecified atom stereocenters. The van der Waals surface area contributed by atoms with Crippen LogP contribution in [0, 0.1) is 0 Å². The predicted octanol–water partition coefficient (Wildman–Crippen LogP) is 13.8. The van der Waals surface area contributed by atoms with E-state index in [1.165, 1.54) is 173 Å². The molecule has 0 aliphatic heterocycles. The maximum atomic E-state index is 10.2. The summed E-state index contributed by atoms with van der Waals surface area (Å²) in [6.07, 6.45) is 64.2. The van der Waals surface area contributed by atoms with Crippen molar-refractivity contribution >= 4 is 58.2 Å². The van der Waals surface area contributed by atoms with Gasteiger partial charge in [0, 0.05) is 0 Å². The summed E-state index contributed by atoms with van der Waals surface area (Å²) in [4.78, 5) is 61.4. The van der Waals surface area contributed by atoms with Gasteiger partial charge in [-0.2, -0.15) is 0 Å². The molecule has 0 aromatic rings. The minimum atomic E-state index is -4.76. The van der Waals surface area contributed by atoms with Crippen LogP contribution in [0.2, 0.25) is 0 Å². The molecule has 0 bridgehead atoms. The summed E-state index contributed by atoms with van der Waals surface area (Å²) in [5.74, 6) is 0. The standard InChI is InChI=1S/3C18H37O4P.2Al/c3*1-2-3-4-5-6-7-8-9-10-11-12-13-14-15-16-17-18-22-23(19,20)21;;/h3*9-10H,2-8,11-18H2,1H3,(H2,19,20,21);;/q;;;2*+3/p-6. The second kappa shape index (κ2) is 64.9. The fraction of sp³-hybridized carbons (Fsp3) is 0.889. The molecule has 0 aromatic heterocycles. The van der Waals surface area contributed by atoms with Gasteiger partial charge in [-0.15, -0.1) is 0 Å². The first-order valence-electron chi connectivity index (χ1n) is 28.1. The van der Waals surface area contributed by atoms with Crippen molar-refractivity contribution in [1.82, 2.24) is 0 Å². The minimum Gasteiger partial charge on any atom is -0.790 e. The number of hydrogen-bond acceptors (Lipinski definition) is 12. The Kier molecular flexibility index (Phi) is 73.6. The first-order chi connectivity index (χ1) is 33.2. The van der Waals surface area contributed by atoms with Crippen molar-refractivity contribution in [3.05, 3.63) is 36.5 Å². The molecule has 0 aromatic carbocycles.